The minimum atomic E-state index is -0.230. The maximum atomic E-state index is 8.39. The number of aliphatic hydroxyl groups excluding tert-OH is 1. The van der Waals surface area contributed by atoms with Crippen LogP contribution in [-0.2, 0) is 0 Å². The summed E-state index contributed by atoms with van der Waals surface area (Å²) in [5, 5.41) is 24.8. The lowest BCUT2D eigenvalue weighted by atomic mass is 10.5. The molecule has 7 heteroatoms. The van der Waals surface area contributed by atoms with Crippen LogP contribution in [0, 0.1) is 10.8 Å². The molecule has 0 aromatic carbocycles. The van der Waals surface area contributed by atoms with Crippen LogP contribution in [0.2, 0.25) is 0 Å². The maximum Gasteiger partial charge on any atom is 0.191 e. The Labute approximate surface area is 85.9 Å². The van der Waals surface area contributed by atoms with E-state index in [4.69, 9.17) is 21.7 Å². The molecule has 0 bridgehead atoms. The Kier molecular flexibility index (Phi) is 10.5. The fraction of sp³-hybridized carbons (Fsp3) is 0.600. The summed E-state index contributed by atoms with van der Waals surface area (Å²) in [6.45, 7) is 0.125. The third-order valence-electron chi connectivity index (χ3n) is 0.797. The molecule has 0 aliphatic rings. The molecule has 0 heterocycles. The predicted octanol–water partition coefficient (Wildman–Crippen LogP) is 0.0977. The van der Waals surface area contributed by atoms with Crippen molar-refractivity contribution in [3.63, 3.8) is 0 Å². The molecule has 72 valence electrons. The Hall–Kier alpha value is -0.270. The van der Waals surface area contributed by atoms with E-state index in [1.807, 2.05) is 0 Å². The maximum absolute atomic E-state index is 8.39. The quantitative estimate of drug-likeness (QED) is 0.281. The summed E-state index contributed by atoms with van der Waals surface area (Å²) in [6, 6.07) is 0. The van der Waals surface area contributed by atoms with Gasteiger partial charge in [0.2, 0.25) is 0 Å². The van der Waals surface area contributed by atoms with Gasteiger partial charge in [0.15, 0.2) is 11.1 Å². The largest absolute Gasteiger partial charge is 0.396 e. The van der Waals surface area contributed by atoms with Crippen molar-refractivity contribution in [2.45, 2.75) is 6.42 Å². The first kappa shape index (κ1) is 14.3. The molecule has 0 spiro atoms. The second kappa shape index (κ2) is 8.82. The van der Waals surface area contributed by atoms with E-state index < -0.39 is 0 Å². The van der Waals surface area contributed by atoms with E-state index in [1.165, 1.54) is 11.8 Å². The van der Waals surface area contributed by atoms with Crippen LogP contribution in [0.15, 0.2) is 0 Å². The first-order valence-electron chi connectivity index (χ1n) is 3.10. The Morgan fingerprint density at radius 2 is 2.08 bits per heavy atom. The van der Waals surface area contributed by atoms with Crippen LogP contribution in [0.4, 0.5) is 0 Å². The van der Waals surface area contributed by atoms with Crippen molar-refractivity contribution in [1.29, 1.82) is 10.8 Å². The van der Waals surface area contributed by atoms with Crippen molar-refractivity contribution < 1.29 is 5.11 Å². The van der Waals surface area contributed by atoms with Crippen LogP contribution in [0.25, 0.3) is 0 Å². The number of guanidine groups is 1. The lowest BCUT2D eigenvalue weighted by Gasteiger charge is -2.03. The van der Waals surface area contributed by atoms with Crippen LogP contribution >= 0.6 is 28.7 Å². The predicted molar refractivity (Wildman–Crippen MR) is 57.3 cm³/mol. The van der Waals surface area contributed by atoms with Crippen molar-refractivity contribution in [2.24, 2.45) is 5.73 Å². The molecule has 12 heavy (non-hydrogen) atoms. The van der Waals surface area contributed by atoms with Gasteiger partial charge >= 0.3 is 0 Å². The van der Waals surface area contributed by atoms with Crippen LogP contribution in [0.3, 0.4) is 0 Å². The first-order valence-corrected chi connectivity index (χ1v) is 4.08. The van der Waals surface area contributed by atoms with Crippen molar-refractivity contribution in [1.82, 2.24) is 5.32 Å². The molecule has 5 nitrogen and oxygen atoms in total. The summed E-state index contributed by atoms with van der Waals surface area (Å²) >= 11 is 1.22. The Morgan fingerprint density at radius 1 is 1.50 bits per heavy atom. The van der Waals surface area contributed by atoms with Crippen LogP contribution in [0.5, 0.6) is 0 Å². The zero-order valence-electron chi connectivity index (χ0n) is 6.46. The number of amidine groups is 1. The minimum absolute atomic E-state index is 0. The number of halogens is 1. The lowest BCUT2D eigenvalue weighted by Crippen LogP contribution is -2.33. The van der Waals surface area contributed by atoms with Crippen molar-refractivity contribution in [3.8, 4) is 0 Å². The van der Waals surface area contributed by atoms with Gasteiger partial charge in [-0.3, -0.25) is 10.8 Å². The van der Waals surface area contributed by atoms with Crippen LogP contribution in [-0.4, -0.2) is 28.6 Å². The van der Waals surface area contributed by atoms with Gasteiger partial charge in [-0.15, -0.1) is 17.0 Å². The van der Waals surface area contributed by atoms with Gasteiger partial charge in [0, 0.05) is 12.4 Å². The summed E-state index contributed by atoms with van der Waals surface area (Å²) in [7, 11) is 0. The number of hydrogen-bond acceptors (Lipinski definition) is 4. The van der Waals surface area contributed by atoms with E-state index in [-0.39, 0.29) is 34.7 Å². The fourth-order valence-corrected chi connectivity index (χ4v) is 1.06. The van der Waals surface area contributed by atoms with Crippen LogP contribution < -0.4 is 11.1 Å². The molecule has 6 N–H and O–H groups in total. The Balaban J connectivity index is 0. The molecule has 0 amide bonds. The zero-order chi connectivity index (χ0) is 8.69. The van der Waals surface area contributed by atoms with Crippen molar-refractivity contribution in [2.75, 3.05) is 12.4 Å². The SMILES string of the molecule is Br.N=C(N)NC(=N)SCCCO. The van der Waals surface area contributed by atoms with Gasteiger partial charge in [-0.05, 0) is 6.42 Å². The normalized spacial score (nSPS) is 8.42. The monoisotopic (exact) mass is 256 g/mol. The van der Waals surface area contributed by atoms with E-state index in [0.29, 0.717) is 12.2 Å². The topological polar surface area (TPSA) is 106 Å². The summed E-state index contributed by atoms with van der Waals surface area (Å²) in [6.07, 6.45) is 0.645. The second-order valence-corrected chi connectivity index (χ2v) is 2.90. The van der Waals surface area contributed by atoms with E-state index >= 15 is 0 Å². The molecule has 0 aromatic heterocycles. The van der Waals surface area contributed by atoms with Gasteiger partial charge in [-0.25, -0.2) is 0 Å². The fourth-order valence-electron chi connectivity index (χ4n) is 0.397. The van der Waals surface area contributed by atoms with Gasteiger partial charge < -0.3 is 16.2 Å². The molecule has 0 fully saturated rings. The average molecular weight is 257 g/mol. The van der Waals surface area contributed by atoms with Gasteiger partial charge in [0.1, 0.15) is 0 Å². The third-order valence-corrected chi connectivity index (χ3v) is 1.68. The van der Waals surface area contributed by atoms with Crippen molar-refractivity contribution >= 4 is 39.9 Å². The molecule has 0 saturated heterocycles. The standard InChI is InChI=1S/C5H12N4OS.BrH/c6-4(7)9-5(8)11-3-1-2-10;/h10H,1-3H2,(H5,6,7,8,9);1H. The molecule has 0 saturated carbocycles. The highest BCUT2D eigenvalue weighted by atomic mass is 79.9. The third kappa shape index (κ3) is 9.73. The molecular weight excluding hydrogens is 244 g/mol. The smallest absolute Gasteiger partial charge is 0.191 e. The first-order chi connectivity index (χ1) is 5.16. The number of thioether (sulfide) groups is 1. The molecule has 0 aromatic rings. The zero-order valence-corrected chi connectivity index (χ0v) is 8.99. The summed E-state index contributed by atoms with van der Waals surface area (Å²) < 4.78 is 0. The number of hydrogen-bond donors (Lipinski definition) is 5. The molecular formula is C5H13BrN4OS. The van der Waals surface area contributed by atoms with Gasteiger partial charge in [-0.1, -0.05) is 11.8 Å². The molecule has 0 rings (SSSR count). The number of nitrogens with two attached hydrogens (primary N) is 1. The number of nitrogens with one attached hydrogen (secondary N) is 3. The highest BCUT2D eigenvalue weighted by Crippen LogP contribution is 2.00. The second-order valence-electron chi connectivity index (χ2n) is 1.79. The molecule has 0 atom stereocenters. The molecule has 0 radical (unpaired) electrons. The lowest BCUT2D eigenvalue weighted by molar-refractivity contribution is 0.296. The van der Waals surface area contributed by atoms with Gasteiger partial charge in [-0.2, -0.15) is 0 Å². The number of aliphatic hydroxyl groups is 1. The van der Waals surface area contributed by atoms with Crippen molar-refractivity contribution in [3.05, 3.63) is 0 Å². The van der Waals surface area contributed by atoms with E-state index in [1.54, 1.807) is 0 Å². The summed E-state index contributed by atoms with van der Waals surface area (Å²) in [5.41, 5.74) is 4.97. The summed E-state index contributed by atoms with van der Waals surface area (Å²) in [4.78, 5) is 0. The molecule has 0 aliphatic heterocycles. The Bertz CT molecular complexity index is 154. The number of rotatable bonds is 3. The molecule has 0 unspecified atom stereocenters. The van der Waals surface area contributed by atoms with E-state index in [0.717, 1.165) is 0 Å². The minimum Gasteiger partial charge on any atom is -0.396 e. The summed E-state index contributed by atoms with van der Waals surface area (Å²) in [5.74, 6) is 0.432. The highest BCUT2D eigenvalue weighted by molar-refractivity contribution is 8.93. The van der Waals surface area contributed by atoms with Crippen LogP contribution in [0.1, 0.15) is 6.42 Å². The van der Waals surface area contributed by atoms with E-state index in [9.17, 15) is 0 Å². The van der Waals surface area contributed by atoms with Gasteiger partial charge in [0.05, 0.1) is 0 Å². The van der Waals surface area contributed by atoms with Gasteiger partial charge in [0.25, 0.3) is 0 Å². The molecule has 0 aliphatic carbocycles. The average Bonchev–Trinajstić information content (AvgIpc) is 1.86. The van der Waals surface area contributed by atoms with E-state index in [2.05, 4.69) is 5.32 Å². The highest BCUT2D eigenvalue weighted by Gasteiger charge is 1.96. The Morgan fingerprint density at radius 3 is 2.50 bits per heavy atom.